The van der Waals surface area contributed by atoms with Gasteiger partial charge in [0, 0.05) is 7.26 Å². The van der Waals surface area contributed by atoms with E-state index in [9.17, 15) is 4.79 Å². The van der Waals surface area contributed by atoms with Crippen molar-refractivity contribution in [1.82, 2.24) is 0 Å². The minimum atomic E-state index is -1.17. The van der Waals surface area contributed by atoms with E-state index in [2.05, 4.69) is 32.9 Å². The van der Waals surface area contributed by atoms with Crippen LogP contribution in [0, 0.1) is 0 Å². The number of esters is 1. The van der Waals surface area contributed by atoms with E-state index in [0.29, 0.717) is 13.0 Å². The average Bonchev–Trinajstić information content (AvgIpc) is 3.12. The lowest BCUT2D eigenvalue weighted by atomic mass is 10.1. The summed E-state index contributed by atoms with van der Waals surface area (Å²) in [5, 5.41) is 0. The first-order valence-electron chi connectivity index (χ1n) is 22.2. The van der Waals surface area contributed by atoms with Crippen LogP contribution in [0.2, 0.25) is 0 Å². The molecule has 2 nitrogen and oxygen atoms in total. The van der Waals surface area contributed by atoms with E-state index in [1.165, 1.54) is 211 Å². The minimum Gasteiger partial charge on any atom is -1.00 e. The number of ether oxygens (including phenoxy) is 1. The molecular weight excluding hydrogens is 695 g/mol. The molecule has 0 bridgehead atoms. The molecule has 294 valence electrons. The van der Waals surface area contributed by atoms with Crippen molar-refractivity contribution in [3.8, 4) is 0 Å². The fourth-order valence-electron chi connectivity index (χ4n) is 7.61. The topological polar surface area (TPSA) is 26.3 Å². The maximum atomic E-state index is 13.1. The number of halogens is 1. The Hall–Kier alpha value is -0.400. The van der Waals surface area contributed by atoms with E-state index in [1.54, 1.807) is 0 Å². The van der Waals surface area contributed by atoms with Crippen LogP contribution in [0.25, 0.3) is 0 Å². The van der Waals surface area contributed by atoms with Gasteiger partial charge in [-0.15, -0.1) is 0 Å². The molecule has 1 aromatic rings. The number of hydrogen-bond donors (Lipinski definition) is 0. The molecule has 0 saturated heterocycles. The van der Waals surface area contributed by atoms with Gasteiger partial charge in [0.2, 0.25) is 0 Å². The molecule has 0 aromatic heterocycles. The summed E-state index contributed by atoms with van der Waals surface area (Å²) in [6.07, 6.45) is 48.2. The number of hydrogen-bond acceptors (Lipinski definition) is 2. The summed E-state index contributed by atoms with van der Waals surface area (Å²) in [4.78, 5) is 13.1. The summed E-state index contributed by atoms with van der Waals surface area (Å²) >= 11 is 0. The summed E-state index contributed by atoms with van der Waals surface area (Å²) in [6.45, 7) is 7.34. The molecule has 0 amide bonds. The molecular formula is C46H86BrO2P. The fraction of sp³-hybridized carbons (Fsp3) is 0.848. The van der Waals surface area contributed by atoms with Gasteiger partial charge in [0.05, 0.1) is 31.1 Å². The smallest absolute Gasteiger partial charge is 0.309 e. The van der Waals surface area contributed by atoms with Crippen LogP contribution < -0.4 is 17.0 Å². The van der Waals surface area contributed by atoms with Crippen LogP contribution in [-0.4, -0.2) is 30.6 Å². The average molecular weight is 782 g/mol. The second-order valence-corrected chi connectivity index (χ2v) is 20.2. The zero-order valence-corrected chi connectivity index (χ0v) is 36.5. The Kier molecular flexibility index (Phi) is 38.0. The van der Waals surface area contributed by atoms with Crippen molar-refractivity contribution in [2.45, 2.75) is 226 Å². The third-order valence-corrected chi connectivity index (χ3v) is 16.0. The molecule has 50 heavy (non-hydrogen) atoms. The molecule has 0 aliphatic carbocycles. The Labute approximate surface area is 325 Å². The summed E-state index contributed by atoms with van der Waals surface area (Å²) in [7, 11) is -1.17. The van der Waals surface area contributed by atoms with Crippen LogP contribution in [0.3, 0.4) is 0 Å². The Morgan fingerprint density at radius 1 is 0.440 bits per heavy atom. The number of benzene rings is 1. The van der Waals surface area contributed by atoms with Gasteiger partial charge in [0.1, 0.15) is 6.61 Å². The highest BCUT2D eigenvalue weighted by Gasteiger charge is 2.36. The molecule has 0 heterocycles. The van der Waals surface area contributed by atoms with Crippen molar-refractivity contribution in [3.63, 3.8) is 0 Å². The van der Waals surface area contributed by atoms with Gasteiger partial charge in [-0.2, -0.15) is 0 Å². The third kappa shape index (κ3) is 31.2. The van der Waals surface area contributed by atoms with Crippen LogP contribution in [0.4, 0.5) is 0 Å². The maximum absolute atomic E-state index is 13.1. The molecule has 1 aromatic carbocycles. The van der Waals surface area contributed by atoms with E-state index >= 15 is 0 Å². The number of unbranched alkanes of at least 4 members (excludes halogenated alkanes) is 27. The highest BCUT2D eigenvalue weighted by molar-refractivity contribution is 7.75. The zero-order valence-electron chi connectivity index (χ0n) is 34.0. The fourth-order valence-corrected chi connectivity index (χ4v) is 12.3. The summed E-state index contributed by atoms with van der Waals surface area (Å²) in [6, 6.07) is 10.2. The van der Waals surface area contributed by atoms with Gasteiger partial charge in [-0.25, -0.2) is 0 Å². The van der Waals surface area contributed by atoms with Gasteiger partial charge in [-0.3, -0.25) is 4.79 Å². The Balaban J connectivity index is 0.0000240. The van der Waals surface area contributed by atoms with Crippen molar-refractivity contribution in [2.24, 2.45) is 0 Å². The van der Waals surface area contributed by atoms with Crippen LogP contribution in [0.1, 0.15) is 225 Å². The van der Waals surface area contributed by atoms with Crippen LogP contribution >= 0.6 is 7.26 Å². The molecule has 0 fully saturated rings. The second-order valence-electron chi connectivity index (χ2n) is 15.7. The molecule has 0 spiro atoms. The first kappa shape index (κ1) is 49.6. The predicted molar refractivity (Wildman–Crippen MR) is 223 cm³/mol. The second kappa shape index (κ2) is 38.3. The Morgan fingerprint density at radius 2 is 0.740 bits per heavy atom. The molecule has 1 rings (SSSR count). The molecule has 4 heteroatoms. The monoisotopic (exact) mass is 781 g/mol. The molecule has 0 unspecified atom stereocenters. The Bertz CT molecular complexity index is 756. The van der Waals surface area contributed by atoms with Gasteiger partial charge in [-0.1, -0.05) is 205 Å². The van der Waals surface area contributed by atoms with Crippen molar-refractivity contribution in [2.75, 3.05) is 24.6 Å². The van der Waals surface area contributed by atoms with Gasteiger partial charge < -0.3 is 21.7 Å². The van der Waals surface area contributed by atoms with E-state index in [-0.39, 0.29) is 23.0 Å². The van der Waals surface area contributed by atoms with E-state index < -0.39 is 7.26 Å². The third-order valence-electron chi connectivity index (χ3n) is 11.0. The largest absolute Gasteiger partial charge is 1.00 e. The minimum absolute atomic E-state index is 0. The first-order chi connectivity index (χ1) is 24.2. The molecule has 0 atom stereocenters. The van der Waals surface area contributed by atoms with Crippen LogP contribution in [0.15, 0.2) is 30.3 Å². The predicted octanol–water partition coefficient (Wildman–Crippen LogP) is 12.9. The number of rotatable bonds is 38. The number of carbonyl (C=O) groups excluding carboxylic acids is 1. The van der Waals surface area contributed by atoms with E-state index in [4.69, 9.17) is 4.74 Å². The lowest BCUT2D eigenvalue weighted by Crippen LogP contribution is -3.00. The highest BCUT2D eigenvalue weighted by atomic mass is 79.9. The summed E-state index contributed by atoms with van der Waals surface area (Å²) in [5.74, 6) is 0.0300. The molecule has 0 aliphatic rings. The van der Waals surface area contributed by atoms with Crippen LogP contribution in [0.5, 0.6) is 0 Å². The van der Waals surface area contributed by atoms with Crippen molar-refractivity contribution in [3.05, 3.63) is 35.9 Å². The molecule has 0 radical (unpaired) electrons. The number of carbonyl (C=O) groups is 1. The Morgan fingerprint density at radius 3 is 1.06 bits per heavy atom. The maximum Gasteiger partial charge on any atom is 0.309 e. The standard InChI is InChI=1S/C46H86O2P.BrH/c1-4-7-10-13-16-19-22-25-28-34-40-49(41-35-29-26-23-20-17-14-11-8-5-2,42-36-30-27-24-21-18-15-12-9-6-3)43-39-46(47)48-44-45-37-32-31-33-38-45;/h31-33,37-38H,4-30,34-36,39-44H2,1-3H3;1H/q+1;/p-1. The summed E-state index contributed by atoms with van der Waals surface area (Å²) in [5.41, 5.74) is 1.10. The van der Waals surface area contributed by atoms with Crippen molar-refractivity contribution in [1.29, 1.82) is 0 Å². The lowest BCUT2D eigenvalue weighted by molar-refractivity contribution is -0.144. The molecule has 0 saturated carbocycles. The van der Waals surface area contributed by atoms with E-state index in [0.717, 1.165) is 11.7 Å². The van der Waals surface area contributed by atoms with Gasteiger partial charge in [0.15, 0.2) is 0 Å². The van der Waals surface area contributed by atoms with Gasteiger partial charge in [0.25, 0.3) is 0 Å². The first-order valence-corrected chi connectivity index (χ1v) is 24.7. The van der Waals surface area contributed by atoms with Crippen LogP contribution in [-0.2, 0) is 16.1 Å². The van der Waals surface area contributed by atoms with Gasteiger partial charge >= 0.3 is 5.97 Å². The molecule has 0 aliphatic heterocycles. The van der Waals surface area contributed by atoms with Crippen molar-refractivity contribution >= 4 is 13.2 Å². The quantitative estimate of drug-likeness (QED) is 0.0379. The van der Waals surface area contributed by atoms with Gasteiger partial charge in [-0.05, 0) is 44.1 Å². The zero-order chi connectivity index (χ0) is 35.4. The van der Waals surface area contributed by atoms with E-state index in [1.807, 2.05) is 18.2 Å². The summed E-state index contributed by atoms with van der Waals surface area (Å²) < 4.78 is 5.82. The normalized spacial score (nSPS) is 11.5. The highest BCUT2D eigenvalue weighted by Crippen LogP contribution is 2.61. The van der Waals surface area contributed by atoms with Crippen molar-refractivity contribution < 1.29 is 26.5 Å². The molecule has 0 N–H and O–H groups in total. The SMILES string of the molecule is CCCCCCCCCCCC[P+](CCCCCCCCCCCC)(CCCCCCCCCCCC)CCC(=O)OCc1ccccc1.[Br-]. The lowest BCUT2D eigenvalue weighted by Gasteiger charge is -2.28.